The largest absolute Gasteiger partial charge is 0.493 e. The van der Waals surface area contributed by atoms with Crippen molar-refractivity contribution in [3.05, 3.63) is 51.3 Å². The minimum absolute atomic E-state index is 0.00570. The predicted molar refractivity (Wildman–Crippen MR) is 134 cm³/mol. The standard InChI is InChI=1S/C26H32N4O7/c1-3-5-21-22(16-27)24(31)30(17-20-6-4-11-36-20)25(32)23(21)29-28-19-9-7-18(8-10-19)26(33)37-15-14-35-13-12-34-2/h7-10,20,31H,3-6,11-15,17H2,1-2H3. The molecular weight excluding hydrogens is 480 g/mol. The molecule has 2 heterocycles. The van der Waals surface area contributed by atoms with Gasteiger partial charge < -0.3 is 24.1 Å². The molecule has 0 radical (unpaired) electrons. The fourth-order valence-electron chi connectivity index (χ4n) is 3.91. The molecule has 198 valence electrons. The third kappa shape index (κ3) is 7.45. The number of hydrogen-bond acceptors (Lipinski definition) is 10. The Labute approximate surface area is 215 Å². The van der Waals surface area contributed by atoms with Crippen molar-refractivity contribution in [2.24, 2.45) is 10.2 Å². The van der Waals surface area contributed by atoms with Gasteiger partial charge in [0.15, 0.2) is 5.69 Å². The lowest BCUT2D eigenvalue weighted by molar-refractivity contribution is 0.0214. The molecule has 37 heavy (non-hydrogen) atoms. The van der Waals surface area contributed by atoms with Gasteiger partial charge in [0.1, 0.15) is 18.2 Å². The molecule has 2 aromatic rings. The van der Waals surface area contributed by atoms with Crippen molar-refractivity contribution < 1.29 is 28.8 Å². The van der Waals surface area contributed by atoms with Crippen LogP contribution in [0.15, 0.2) is 39.3 Å². The average molecular weight is 513 g/mol. The lowest BCUT2D eigenvalue weighted by Crippen LogP contribution is -2.27. The molecule has 11 nitrogen and oxygen atoms in total. The summed E-state index contributed by atoms with van der Waals surface area (Å²) in [4.78, 5) is 25.5. The molecule has 0 bridgehead atoms. The average Bonchev–Trinajstić information content (AvgIpc) is 3.42. The Morgan fingerprint density at radius 3 is 2.62 bits per heavy atom. The second-order valence-corrected chi connectivity index (χ2v) is 8.43. The molecule has 1 unspecified atom stereocenters. The normalized spacial score (nSPS) is 15.2. The molecule has 0 spiro atoms. The molecule has 1 atom stereocenters. The van der Waals surface area contributed by atoms with E-state index in [1.807, 2.05) is 13.0 Å². The molecule has 1 aliphatic heterocycles. The monoisotopic (exact) mass is 512 g/mol. The molecule has 1 aromatic heterocycles. The Hall–Kier alpha value is -3.59. The van der Waals surface area contributed by atoms with Gasteiger partial charge in [-0.05, 0) is 43.5 Å². The lowest BCUT2D eigenvalue weighted by Gasteiger charge is -2.17. The fraction of sp³-hybridized carbons (Fsp3) is 0.500. The van der Waals surface area contributed by atoms with E-state index < -0.39 is 11.5 Å². The van der Waals surface area contributed by atoms with E-state index in [2.05, 4.69) is 10.2 Å². The number of pyridine rings is 1. The van der Waals surface area contributed by atoms with Gasteiger partial charge in [-0.3, -0.25) is 9.36 Å². The zero-order valence-electron chi connectivity index (χ0n) is 21.1. The Morgan fingerprint density at radius 1 is 1.22 bits per heavy atom. The van der Waals surface area contributed by atoms with E-state index in [0.29, 0.717) is 49.5 Å². The summed E-state index contributed by atoms with van der Waals surface area (Å²) in [5.41, 5.74) is 0.570. The van der Waals surface area contributed by atoms with Crippen LogP contribution < -0.4 is 5.56 Å². The maximum Gasteiger partial charge on any atom is 0.338 e. The summed E-state index contributed by atoms with van der Waals surface area (Å²) in [6.07, 6.45) is 2.43. The summed E-state index contributed by atoms with van der Waals surface area (Å²) in [6.45, 7) is 3.90. The summed E-state index contributed by atoms with van der Waals surface area (Å²) >= 11 is 0. The molecule has 1 saturated heterocycles. The minimum atomic E-state index is -0.535. The van der Waals surface area contributed by atoms with E-state index >= 15 is 0 Å². The van der Waals surface area contributed by atoms with E-state index in [-0.39, 0.29) is 43.0 Å². The number of ether oxygens (including phenoxy) is 4. The van der Waals surface area contributed by atoms with Crippen LogP contribution in [0.4, 0.5) is 11.4 Å². The first-order valence-electron chi connectivity index (χ1n) is 12.3. The molecule has 11 heteroatoms. The van der Waals surface area contributed by atoms with Gasteiger partial charge in [0, 0.05) is 19.3 Å². The molecule has 0 amide bonds. The van der Waals surface area contributed by atoms with Crippen LogP contribution in [0.25, 0.3) is 0 Å². The molecule has 1 aliphatic rings. The number of rotatable bonds is 13. The first-order chi connectivity index (χ1) is 18.0. The van der Waals surface area contributed by atoms with Crippen molar-refractivity contribution in [3.63, 3.8) is 0 Å². The van der Waals surface area contributed by atoms with Crippen LogP contribution in [0.5, 0.6) is 5.88 Å². The van der Waals surface area contributed by atoms with Crippen molar-refractivity contribution >= 4 is 17.3 Å². The van der Waals surface area contributed by atoms with Gasteiger partial charge >= 0.3 is 5.97 Å². The molecule has 1 fully saturated rings. The number of methoxy groups -OCH3 is 1. The molecule has 3 rings (SSSR count). The van der Waals surface area contributed by atoms with Crippen LogP contribution in [-0.4, -0.2) is 61.9 Å². The maximum absolute atomic E-state index is 13.3. The van der Waals surface area contributed by atoms with E-state index in [1.54, 1.807) is 31.4 Å². The SMILES string of the molecule is CCCc1c(C#N)c(O)n(CC2CCCO2)c(=O)c1N=Nc1ccc(C(=O)OCCOCCOC)cc1. The first kappa shape index (κ1) is 28.0. The van der Waals surface area contributed by atoms with Crippen LogP contribution in [0, 0.1) is 11.3 Å². The van der Waals surface area contributed by atoms with E-state index in [0.717, 1.165) is 17.4 Å². The van der Waals surface area contributed by atoms with Crippen molar-refractivity contribution in [2.45, 2.75) is 45.3 Å². The van der Waals surface area contributed by atoms with Crippen LogP contribution in [0.2, 0.25) is 0 Å². The molecule has 1 aromatic carbocycles. The van der Waals surface area contributed by atoms with Gasteiger partial charge in [-0.2, -0.15) is 10.4 Å². The van der Waals surface area contributed by atoms with Crippen molar-refractivity contribution in [2.75, 3.05) is 40.1 Å². The predicted octanol–water partition coefficient (Wildman–Crippen LogP) is 3.79. The quantitative estimate of drug-likeness (QED) is 0.242. The maximum atomic E-state index is 13.3. The third-order valence-electron chi connectivity index (χ3n) is 5.80. The van der Waals surface area contributed by atoms with Gasteiger partial charge in [0.2, 0.25) is 5.88 Å². The van der Waals surface area contributed by atoms with Crippen molar-refractivity contribution in [1.82, 2.24) is 4.57 Å². The number of hydrogen-bond donors (Lipinski definition) is 1. The smallest absolute Gasteiger partial charge is 0.338 e. The molecule has 0 saturated carbocycles. The topological polar surface area (TPSA) is 145 Å². The zero-order chi connectivity index (χ0) is 26.6. The zero-order valence-corrected chi connectivity index (χ0v) is 21.1. The van der Waals surface area contributed by atoms with E-state index in [4.69, 9.17) is 18.9 Å². The summed E-state index contributed by atoms with van der Waals surface area (Å²) in [6, 6.07) is 8.25. The van der Waals surface area contributed by atoms with Gasteiger partial charge in [-0.15, -0.1) is 5.11 Å². The second kappa shape index (κ2) is 14.2. The second-order valence-electron chi connectivity index (χ2n) is 8.43. The molecule has 0 aliphatic carbocycles. The summed E-state index contributed by atoms with van der Waals surface area (Å²) in [5.74, 6) is -0.879. The van der Waals surface area contributed by atoms with Crippen molar-refractivity contribution in [1.29, 1.82) is 5.26 Å². The van der Waals surface area contributed by atoms with Crippen LogP contribution in [0.1, 0.15) is 47.7 Å². The fourth-order valence-corrected chi connectivity index (χ4v) is 3.91. The Morgan fingerprint density at radius 2 is 1.97 bits per heavy atom. The number of esters is 1. The number of carbonyl (C=O) groups excluding carboxylic acids is 1. The highest BCUT2D eigenvalue weighted by molar-refractivity contribution is 5.89. The van der Waals surface area contributed by atoms with E-state index in [9.17, 15) is 20.0 Å². The Balaban J connectivity index is 1.78. The highest BCUT2D eigenvalue weighted by atomic mass is 16.6. The van der Waals surface area contributed by atoms with E-state index in [1.165, 1.54) is 0 Å². The summed E-state index contributed by atoms with van der Waals surface area (Å²) in [7, 11) is 1.58. The number of nitrogens with zero attached hydrogens (tertiary/aromatic N) is 4. The van der Waals surface area contributed by atoms with Crippen LogP contribution in [0.3, 0.4) is 0 Å². The van der Waals surface area contributed by atoms with Gasteiger partial charge in [0.05, 0.1) is 43.7 Å². The lowest BCUT2D eigenvalue weighted by atomic mass is 10.0. The van der Waals surface area contributed by atoms with Gasteiger partial charge in [-0.25, -0.2) is 4.79 Å². The number of carbonyl (C=O) groups is 1. The summed E-state index contributed by atoms with van der Waals surface area (Å²) in [5, 5.41) is 28.8. The van der Waals surface area contributed by atoms with Crippen LogP contribution >= 0.6 is 0 Å². The highest BCUT2D eigenvalue weighted by Gasteiger charge is 2.25. The first-order valence-corrected chi connectivity index (χ1v) is 12.3. The molecule has 1 N–H and O–H groups in total. The minimum Gasteiger partial charge on any atom is -0.493 e. The summed E-state index contributed by atoms with van der Waals surface area (Å²) < 4.78 is 22.1. The number of azo groups is 1. The van der Waals surface area contributed by atoms with Gasteiger partial charge in [-0.1, -0.05) is 13.3 Å². The number of nitriles is 1. The molecular formula is C26H32N4O7. The van der Waals surface area contributed by atoms with Gasteiger partial charge in [0.25, 0.3) is 5.56 Å². The van der Waals surface area contributed by atoms with Crippen LogP contribution in [-0.2, 0) is 31.9 Å². The number of aromatic hydroxyl groups is 1. The Kier molecular flexibility index (Phi) is 10.8. The Bertz CT molecular complexity index is 1180. The number of benzene rings is 1. The third-order valence-corrected chi connectivity index (χ3v) is 5.80. The number of aromatic nitrogens is 1. The highest BCUT2D eigenvalue weighted by Crippen LogP contribution is 2.30. The van der Waals surface area contributed by atoms with Crippen molar-refractivity contribution in [3.8, 4) is 11.9 Å².